The molecule has 2 aromatic carbocycles. The number of carbonyl (C=O) groups excluding carboxylic acids is 2. The van der Waals surface area contributed by atoms with Crippen molar-refractivity contribution in [1.29, 1.82) is 0 Å². The number of benzene rings is 2. The van der Waals surface area contributed by atoms with Crippen LogP contribution in [-0.2, 0) is 9.59 Å². The molecule has 2 amide bonds. The van der Waals surface area contributed by atoms with Crippen molar-refractivity contribution in [3.8, 4) is 5.75 Å². The molecule has 0 spiro atoms. The van der Waals surface area contributed by atoms with E-state index in [1.807, 2.05) is 26.0 Å². The number of halogens is 1. The highest BCUT2D eigenvalue weighted by molar-refractivity contribution is 6.39. The molecule has 0 aliphatic carbocycles. The third-order valence-corrected chi connectivity index (χ3v) is 3.55. The van der Waals surface area contributed by atoms with E-state index in [0.717, 1.165) is 12.0 Å². The van der Waals surface area contributed by atoms with Crippen LogP contribution in [0.3, 0.4) is 0 Å². The minimum absolute atomic E-state index is 0.513. The van der Waals surface area contributed by atoms with Crippen molar-refractivity contribution in [2.75, 3.05) is 11.9 Å². The lowest BCUT2D eigenvalue weighted by atomic mass is 10.2. The van der Waals surface area contributed by atoms with Gasteiger partial charge in [0.25, 0.3) is 0 Å². The molecular formula is C19H20ClN3O3. The topological polar surface area (TPSA) is 79.8 Å². The highest BCUT2D eigenvalue weighted by Crippen LogP contribution is 2.21. The molecule has 0 saturated carbocycles. The summed E-state index contributed by atoms with van der Waals surface area (Å²) in [5.74, 6) is -1.09. The fourth-order valence-electron chi connectivity index (χ4n) is 2.00. The number of aryl methyl sites for hydroxylation is 1. The van der Waals surface area contributed by atoms with E-state index in [1.54, 1.807) is 30.3 Å². The molecule has 0 unspecified atom stereocenters. The zero-order valence-electron chi connectivity index (χ0n) is 14.6. The van der Waals surface area contributed by atoms with Gasteiger partial charge in [0.05, 0.1) is 12.8 Å². The van der Waals surface area contributed by atoms with E-state index >= 15 is 0 Å². The highest BCUT2D eigenvalue weighted by Gasteiger charge is 2.12. The predicted octanol–water partition coefficient (Wildman–Crippen LogP) is 3.53. The van der Waals surface area contributed by atoms with Crippen LogP contribution in [0.2, 0.25) is 5.02 Å². The third kappa shape index (κ3) is 5.89. The van der Waals surface area contributed by atoms with Crippen molar-refractivity contribution in [2.24, 2.45) is 5.10 Å². The molecule has 0 fully saturated rings. The Morgan fingerprint density at radius 1 is 1.15 bits per heavy atom. The van der Waals surface area contributed by atoms with E-state index in [0.29, 0.717) is 28.6 Å². The van der Waals surface area contributed by atoms with Crippen LogP contribution in [0.5, 0.6) is 5.75 Å². The number of amides is 2. The monoisotopic (exact) mass is 373 g/mol. The van der Waals surface area contributed by atoms with Crippen molar-refractivity contribution < 1.29 is 14.3 Å². The number of anilines is 1. The number of hydrogen-bond donors (Lipinski definition) is 2. The SMILES string of the molecule is CCCOc1ccc(Cl)cc1/C=N\NC(=O)C(=O)Nc1ccc(C)cc1. The summed E-state index contributed by atoms with van der Waals surface area (Å²) < 4.78 is 5.59. The molecule has 0 saturated heterocycles. The number of carbonyl (C=O) groups is 2. The first-order valence-electron chi connectivity index (χ1n) is 8.13. The van der Waals surface area contributed by atoms with Gasteiger partial charge >= 0.3 is 11.8 Å². The van der Waals surface area contributed by atoms with Gasteiger partial charge in [0.1, 0.15) is 5.75 Å². The molecule has 6 nitrogen and oxygen atoms in total. The van der Waals surface area contributed by atoms with Crippen LogP contribution in [0.15, 0.2) is 47.6 Å². The lowest BCUT2D eigenvalue weighted by Crippen LogP contribution is -2.32. The van der Waals surface area contributed by atoms with E-state index in [9.17, 15) is 9.59 Å². The average Bonchev–Trinajstić information content (AvgIpc) is 2.62. The molecule has 2 rings (SSSR count). The summed E-state index contributed by atoms with van der Waals surface area (Å²) in [6, 6.07) is 12.2. The Morgan fingerprint density at radius 3 is 2.58 bits per heavy atom. The molecule has 0 aliphatic heterocycles. The third-order valence-electron chi connectivity index (χ3n) is 3.32. The first kappa shape index (κ1) is 19.5. The molecule has 0 heterocycles. The molecule has 2 N–H and O–H groups in total. The lowest BCUT2D eigenvalue weighted by molar-refractivity contribution is -0.136. The second-order valence-electron chi connectivity index (χ2n) is 5.55. The van der Waals surface area contributed by atoms with Crippen LogP contribution >= 0.6 is 11.6 Å². The summed E-state index contributed by atoms with van der Waals surface area (Å²) in [5.41, 5.74) is 4.37. The van der Waals surface area contributed by atoms with Crippen LogP contribution in [0.1, 0.15) is 24.5 Å². The van der Waals surface area contributed by atoms with E-state index in [4.69, 9.17) is 16.3 Å². The van der Waals surface area contributed by atoms with Crippen molar-refractivity contribution in [3.63, 3.8) is 0 Å². The smallest absolute Gasteiger partial charge is 0.329 e. The van der Waals surface area contributed by atoms with Gasteiger partial charge < -0.3 is 10.1 Å². The van der Waals surface area contributed by atoms with Gasteiger partial charge in [0.15, 0.2) is 0 Å². The van der Waals surface area contributed by atoms with Gasteiger partial charge in [-0.25, -0.2) is 5.43 Å². The highest BCUT2D eigenvalue weighted by atomic mass is 35.5. The Balaban J connectivity index is 1.96. The van der Waals surface area contributed by atoms with E-state index < -0.39 is 11.8 Å². The van der Waals surface area contributed by atoms with Crippen LogP contribution in [-0.4, -0.2) is 24.6 Å². The van der Waals surface area contributed by atoms with Gasteiger partial charge in [-0.1, -0.05) is 36.2 Å². The zero-order valence-corrected chi connectivity index (χ0v) is 15.3. The van der Waals surface area contributed by atoms with Gasteiger partial charge in [0.2, 0.25) is 0 Å². The fourth-order valence-corrected chi connectivity index (χ4v) is 2.18. The largest absolute Gasteiger partial charge is 0.493 e. The second kappa shape index (κ2) is 9.58. The Bertz CT molecular complexity index is 804. The maximum Gasteiger partial charge on any atom is 0.329 e. The molecular weight excluding hydrogens is 354 g/mol. The first-order valence-corrected chi connectivity index (χ1v) is 8.50. The fraction of sp³-hybridized carbons (Fsp3) is 0.211. The first-order chi connectivity index (χ1) is 12.5. The summed E-state index contributed by atoms with van der Waals surface area (Å²) in [4.78, 5) is 23.7. The Morgan fingerprint density at radius 2 is 1.88 bits per heavy atom. The van der Waals surface area contributed by atoms with Crippen molar-refractivity contribution in [3.05, 3.63) is 58.6 Å². The average molecular weight is 374 g/mol. The van der Waals surface area contributed by atoms with Gasteiger partial charge in [-0.05, 0) is 43.7 Å². The number of hydrogen-bond acceptors (Lipinski definition) is 4. The predicted molar refractivity (Wildman–Crippen MR) is 103 cm³/mol. The van der Waals surface area contributed by atoms with E-state index in [1.165, 1.54) is 6.21 Å². The van der Waals surface area contributed by atoms with Gasteiger partial charge in [0, 0.05) is 16.3 Å². The second-order valence-corrected chi connectivity index (χ2v) is 5.99. The summed E-state index contributed by atoms with van der Waals surface area (Å²) >= 11 is 5.98. The van der Waals surface area contributed by atoms with Crippen LogP contribution in [0.25, 0.3) is 0 Å². The molecule has 7 heteroatoms. The van der Waals surface area contributed by atoms with Crippen LogP contribution in [0, 0.1) is 6.92 Å². The van der Waals surface area contributed by atoms with E-state index in [2.05, 4.69) is 15.8 Å². The molecule has 0 aliphatic rings. The van der Waals surface area contributed by atoms with Gasteiger partial charge in [-0.3, -0.25) is 9.59 Å². The number of ether oxygens (including phenoxy) is 1. The summed E-state index contributed by atoms with van der Waals surface area (Å²) in [5, 5.41) is 6.81. The Kier molecular flexibility index (Phi) is 7.17. The van der Waals surface area contributed by atoms with Crippen molar-refractivity contribution in [2.45, 2.75) is 20.3 Å². The normalized spacial score (nSPS) is 10.6. The van der Waals surface area contributed by atoms with Gasteiger partial charge in [-0.15, -0.1) is 0 Å². The number of nitrogens with one attached hydrogen (secondary N) is 2. The molecule has 0 bridgehead atoms. The van der Waals surface area contributed by atoms with Crippen molar-refractivity contribution >= 4 is 35.3 Å². The standard InChI is InChI=1S/C19H20ClN3O3/c1-3-10-26-17-9-6-15(20)11-14(17)12-21-23-19(25)18(24)22-16-7-4-13(2)5-8-16/h4-9,11-12H,3,10H2,1-2H3,(H,22,24)(H,23,25)/b21-12-. The van der Waals surface area contributed by atoms with E-state index in [-0.39, 0.29) is 0 Å². The summed E-state index contributed by atoms with van der Waals surface area (Å²) in [6.45, 7) is 4.48. The summed E-state index contributed by atoms with van der Waals surface area (Å²) in [6.07, 6.45) is 2.24. The quantitative estimate of drug-likeness (QED) is 0.462. The van der Waals surface area contributed by atoms with Crippen LogP contribution < -0.4 is 15.5 Å². The van der Waals surface area contributed by atoms with Crippen LogP contribution in [0.4, 0.5) is 5.69 Å². The number of rotatable bonds is 6. The lowest BCUT2D eigenvalue weighted by Gasteiger charge is -2.08. The molecule has 0 radical (unpaired) electrons. The zero-order chi connectivity index (χ0) is 18.9. The molecule has 136 valence electrons. The van der Waals surface area contributed by atoms with Gasteiger partial charge in [-0.2, -0.15) is 5.10 Å². The Labute approximate surface area is 157 Å². The minimum atomic E-state index is -0.875. The Hall–Kier alpha value is -2.86. The molecule has 0 atom stereocenters. The number of hydrazone groups is 1. The maximum absolute atomic E-state index is 11.9. The molecule has 26 heavy (non-hydrogen) atoms. The molecule has 0 aromatic heterocycles. The number of nitrogens with zero attached hydrogens (tertiary/aromatic N) is 1. The maximum atomic E-state index is 11.9. The molecule has 2 aromatic rings. The summed E-state index contributed by atoms with van der Waals surface area (Å²) in [7, 11) is 0. The minimum Gasteiger partial charge on any atom is -0.493 e. The van der Waals surface area contributed by atoms with Crippen molar-refractivity contribution in [1.82, 2.24) is 5.43 Å².